The van der Waals surface area contributed by atoms with Gasteiger partial charge >= 0.3 is 0 Å². The van der Waals surface area contributed by atoms with Gasteiger partial charge in [0.25, 0.3) is 5.56 Å². The Balaban J connectivity index is 2.56. The van der Waals surface area contributed by atoms with E-state index >= 15 is 0 Å². The molecule has 0 saturated carbocycles. The van der Waals surface area contributed by atoms with Crippen LogP contribution in [0.1, 0.15) is 33.1 Å². The van der Waals surface area contributed by atoms with Crippen molar-refractivity contribution in [3.05, 3.63) is 22.6 Å². The topological polar surface area (TPSA) is 70.1 Å². The van der Waals surface area contributed by atoms with Gasteiger partial charge in [0.15, 0.2) is 0 Å². The predicted molar refractivity (Wildman–Crippen MR) is 67.2 cm³/mol. The van der Waals surface area contributed by atoms with E-state index < -0.39 is 0 Å². The molecule has 1 heterocycles. The van der Waals surface area contributed by atoms with E-state index in [1.54, 1.807) is 6.20 Å². The minimum atomic E-state index is -0.122. The summed E-state index contributed by atoms with van der Waals surface area (Å²) in [6.07, 6.45) is 4.78. The Bertz CT molecular complexity index is 388. The van der Waals surface area contributed by atoms with Crippen molar-refractivity contribution >= 4 is 0 Å². The van der Waals surface area contributed by atoms with Crippen molar-refractivity contribution in [3.63, 3.8) is 0 Å². The van der Waals surface area contributed by atoms with Crippen LogP contribution in [-0.4, -0.2) is 22.4 Å². The summed E-state index contributed by atoms with van der Waals surface area (Å²) in [7, 11) is 0. The van der Waals surface area contributed by atoms with Gasteiger partial charge in [0.05, 0.1) is 6.20 Å². The van der Waals surface area contributed by atoms with Crippen molar-refractivity contribution < 1.29 is 4.74 Å². The van der Waals surface area contributed by atoms with Crippen LogP contribution in [0.4, 0.5) is 0 Å². The third-order valence-electron chi connectivity index (χ3n) is 2.33. The van der Waals surface area contributed by atoms with Crippen LogP contribution < -0.4 is 16.0 Å². The highest BCUT2D eigenvalue weighted by Crippen LogP contribution is 2.04. The zero-order valence-electron chi connectivity index (χ0n) is 10.6. The van der Waals surface area contributed by atoms with Crippen molar-refractivity contribution in [2.75, 3.05) is 6.61 Å². The summed E-state index contributed by atoms with van der Waals surface area (Å²) in [6.45, 7) is 5.03. The number of nitrogens with zero attached hydrogens (tertiary/aromatic N) is 2. The Morgan fingerprint density at radius 2 is 2.29 bits per heavy atom. The van der Waals surface area contributed by atoms with E-state index in [1.807, 2.05) is 6.92 Å². The second-order valence-corrected chi connectivity index (χ2v) is 4.25. The third kappa shape index (κ3) is 4.99. The molecule has 2 N–H and O–H groups in total. The molecule has 0 spiro atoms. The molecule has 5 nitrogen and oxygen atoms in total. The number of hydrogen-bond donors (Lipinski definition) is 1. The van der Waals surface area contributed by atoms with Crippen molar-refractivity contribution in [3.8, 4) is 5.75 Å². The standard InChI is InChI=1S/C12H21N3O2/c1-3-4-5-6-15-12(16)7-11(8-14-15)17-9-10(2)13/h7-8,10H,3-6,9,13H2,1-2H3. The van der Waals surface area contributed by atoms with Gasteiger partial charge in [-0.05, 0) is 13.3 Å². The van der Waals surface area contributed by atoms with Crippen molar-refractivity contribution in [1.29, 1.82) is 0 Å². The molecule has 0 bridgehead atoms. The van der Waals surface area contributed by atoms with Gasteiger partial charge in [-0.2, -0.15) is 5.10 Å². The maximum absolute atomic E-state index is 11.7. The molecule has 5 heteroatoms. The average Bonchev–Trinajstić information content (AvgIpc) is 2.29. The van der Waals surface area contributed by atoms with Gasteiger partial charge in [-0.25, -0.2) is 4.68 Å². The Hall–Kier alpha value is -1.36. The Morgan fingerprint density at radius 3 is 2.88 bits per heavy atom. The number of aryl methyl sites for hydroxylation is 1. The number of rotatable bonds is 7. The minimum Gasteiger partial charge on any atom is -0.490 e. The molecule has 1 aromatic rings. The molecule has 0 aromatic carbocycles. The van der Waals surface area contributed by atoms with Crippen molar-refractivity contribution in [1.82, 2.24) is 9.78 Å². The van der Waals surface area contributed by atoms with Gasteiger partial charge in [0.1, 0.15) is 12.4 Å². The first-order valence-corrected chi connectivity index (χ1v) is 6.09. The number of ether oxygens (including phenoxy) is 1. The molecule has 1 atom stereocenters. The molecule has 1 aromatic heterocycles. The second-order valence-electron chi connectivity index (χ2n) is 4.25. The normalized spacial score (nSPS) is 12.4. The highest BCUT2D eigenvalue weighted by Gasteiger charge is 2.02. The molecule has 0 aliphatic rings. The van der Waals surface area contributed by atoms with E-state index in [0.717, 1.165) is 19.3 Å². The van der Waals surface area contributed by atoms with Crippen LogP contribution >= 0.6 is 0 Å². The fourth-order valence-electron chi connectivity index (χ4n) is 1.40. The Labute approximate surface area is 102 Å². The van der Waals surface area contributed by atoms with Crippen LogP contribution in [0.15, 0.2) is 17.1 Å². The minimum absolute atomic E-state index is 0.0537. The molecule has 0 amide bonds. The Kier molecular flexibility index (Phi) is 5.69. The highest BCUT2D eigenvalue weighted by atomic mass is 16.5. The zero-order valence-corrected chi connectivity index (χ0v) is 10.6. The van der Waals surface area contributed by atoms with E-state index in [0.29, 0.717) is 18.9 Å². The van der Waals surface area contributed by atoms with Gasteiger partial charge in [0, 0.05) is 18.7 Å². The smallest absolute Gasteiger partial charge is 0.270 e. The first-order valence-electron chi connectivity index (χ1n) is 6.09. The first kappa shape index (κ1) is 13.7. The van der Waals surface area contributed by atoms with E-state index in [2.05, 4.69) is 12.0 Å². The molecule has 0 radical (unpaired) electrons. The molecule has 0 aliphatic heterocycles. The SMILES string of the molecule is CCCCCn1ncc(OCC(C)N)cc1=O. The summed E-state index contributed by atoms with van der Waals surface area (Å²) in [6, 6.07) is 1.41. The van der Waals surface area contributed by atoms with Crippen molar-refractivity contribution in [2.24, 2.45) is 5.73 Å². The van der Waals surface area contributed by atoms with Gasteiger partial charge < -0.3 is 10.5 Å². The summed E-state index contributed by atoms with van der Waals surface area (Å²) in [5.41, 5.74) is 5.44. The molecule has 0 saturated heterocycles. The molecular formula is C12H21N3O2. The van der Waals surface area contributed by atoms with Crippen LogP contribution in [0, 0.1) is 0 Å². The average molecular weight is 239 g/mol. The molecule has 1 rings (SSSR count). The van der Waals surface area contributed by atoms with Crippen LogP contribution in [0.25, 0.3) is 0 Å². The van der Waals surface area contributed by atoms with Gasteiger partial charge in [0.2, 0.25) is 0 Å². The summed E-state index contributed by atoms with van der Waals surface area (Å²) in [5, 5.41) is 4.07. The van der Waals surface area contributed by atoms with Crippen LogP contribution in [0.2, 0.25) is 0 Å². The van der Waals surface area contributed by atoms with Crippen LogP contribution in [0.3, 0.4) is 0 Å². The largest absolute Gasteiger partial charge is 0.490 e. The molecule has 1 unspecified atom stereocenters. The first-order chi connectivity index (χ1) is 8.13. The lowest BCUT2D eigenvalue weighted by atomic mass is 10.2. The molecule has 96 valence electrons. The quantitative estimate of drug-likeness (QED) is 0.725. The highest BCUT2D eigenvalue weighted by molar-refractivity contribution is 5.13. The maximum atomic E-state index is 11.7. The number of hydrogen-bond acceptors (Lipinski definition) is 4. The monoisotopic (exact) mass is 239 g/mol. The van der Waals surface area contributed by atoms with Crippen LogP contribution in [-0.2, 0) is 6.54 Å². The summed E-state index contributed by atoms with van der Waals surface area (Å²) >= 11 is 0. The lowest BCUT2D eigenvalue weighted by Crippen LogP contribution is -2.26. The number of aromatic nitrogens is 2. The number of nitrogens with two attached hydrogens (primary N) is 1. The fourth-order valence-corrected chi connectivity index (χ4v) is 1.40. The van der Waals surface area contributed by atoms with E-state index in [-0.39, 0.29) is 11.6 Å². The molecule has 0 fully saturated rings. The van der Waals surface area contributed by atoms with Crippen LogP contribution in [0.5, 0.6) is 5.75 Å². The molecule has 0 aliphatic carbocycles. The fraction of sp³-hybridized carbons (Fsp3) is 0.667. The van der Waals surface area contributed by atoms with E-state index in [9.17, 15) is 4.79 Å². The van der Waals surface area contributed by atoms with Gasteiger partial charge in [-0.1, -0.05) is 19.8 Å². The summed E-state index contributed by atoms with van der Waals surface area (Å²) in [5.74, 6) is 0.485. The zero-order chi connectivity index (χ0) is 12.7. The third-order valence-corrected chi connectivity index (χ3v) is 2.33. The van der Waals surface area contributed by atoms with Gasteiger partial charge in [-0.3, -0.25) is 4.79 Å². The number of unbranched alkanes of at least 4 members (excludes halogenated alkanes) is 2. The van der Waals surface area contributed by atoms with E-state index in [1.165, 1.54) is 10.7 Å². The maximum Gasteiger partial charge on any atom is 0.270 e. The van der Waals surface area contributed by atoms with E-state index in [4.69, 9.17) is 10.5 Å². The van der Waals surface area contributed by atoms with Crippen molar-refractivity contribution in [2.45, 2.75) is 45.7 Å². The lowest BCUT2D eigenvalue weighted by Gasteiger charge is -2.09. The second kappa shape index (κ2) is 7.06. The molecule has 17 heavy (non-hydrogen) atoms. The van der Waals surface area contributed by atoms with Gasteiger partial charge in [-0.15, -0.1) is 0 Å². The summed E-state index contributed by atoms with van der Waals surface area (Å²) in [4.78, 5) is 11.7. The Morgan fingerprint density at radius 1 is 1.53 bits per heavy atom. The molecular weight excluding hydrogens is 218 g/mol. The predicted octanol–water partition coefficient (Wildman–Crippen LogP) is 1.16. The lowest BCUT2D eigenvalue weighted by molar-refractivity contribution is 0.292. The summed E-state index contributed by atoms with van der Waals surface area (Å²) < 4.78 is 6.79.